The molecule has 1 saturated heterocycles. The molecule has 1 unspecified atom stereocenters. The molecule has 3 aromatic rings. The molecule has 1 aliphatic heterocycles. The maximum absolute atomic E-state index is 6.02. The van der Waals surface area contributed by atoms with Gasteiger partial charge in [-0.1, -0.05) is 35.9 Å². The number of aromatic nitrogens is 2. The summed E-state index contributed by atoms with van der Waals surface area (Å²) in [5.41, 5.74) is 4.62. The predicted octanol–water partition coefficient (Wildman–Crippen LogP) is 4.47. The second kappa shape index (κ2) is 8.17. The van der Waals surface area contributed by atoms with Crippen molar-refractivity contribution in [1.29, 1.82) is 0 Å². The van der Waals surface area contributed by atoms with Gasteiger partial charge >= 0.3 is 0 Å². The van der Waals surface area contributed by atoms with E-state index >= 15 is 0 Å². The lowest BCUT2D eigenvalue weighted by Gasteiger charge is -2.32. The van der Waals surface area contributed by atoms with E-state index in [9.17, 15) is 0 Å². The van der Waals surface area contributed by atoms with Gasteiger partial charge in [0.2, 0.25) is 0 Å². The van der Waals surface area contributed by atoms with Crippen LogP contribution in [0.15, 0.2) is 47.8 Å². The third-order valence-electron chi connectivity index (χ3n) is 4.59. The topological polar surface area (TPSA) is 50.3 Å². The molecule has 0 saturated carbocycles. The average molecular weight is 381 g/mol. The van der Waals surface area contributed by atoms with Gasteiger partial charge in [-0.05, 0) is 31.5 Å². The quantitative estimate of drug-likeness (QED) is 0.708. The Morgan fingerprint density at radius 2 is 2.07 bits per heavy atom. The fraction of sp³-hybridized carbons (Fsp3) is 0.333. The van der Waals surface area contributed by atoms with Crippen LogP contribution < -0.4 is 5.32 Å². The lowest BCUT2D eigenvalue weighted by molar-refractivity contribution is -0.0349. The smallest absolute Gasteiger partial charge is 0.188 e. The zero-order valence-corrected chi connectivity index (χ0v) is 16.5. The van der Waals surface area contributed by atoms with Crippen LogP contribution in [0.4, 0.5) is 10.9 Å². The SMILES string of the molecule is Cc1cccc(CN2CCOC(c3cccc(Nc4nc(C)cs4)n3)C2)c1. The summed E-state index contributed by atoms with van der Waals surface area (Å²) in [5.74, 6) is 0.807. The summed E-state index contributed by atoms with van der Waals surface area (Å²) in [4.78, 5) is 11.6. The largest absolute Gasteiger partial charge is 0.369 e. The van der Waals surface area contributed by atoms with E-state index in [1.807, 2.05) is 30.5 Å². The Balaban J connectivity index is 1.44. The molecule has 5 nitrogen and oxygen atoms in total. The lowest BCUT2D eigenvalue weighted by atomic mass is 10.1. The van der Waals surface area contributed by atoms with Crippen molar-refractivity contribution >= 4 is 22.3 Å². The molecule has 0 bridgehead atoms. The maximum Gasteiger partial charge on any atom is 0.188 e. The van der Waals surface area contributed by atoms with Crippen LogP contribution in [0.1, 0.15) is 28.6 Å². The van der Waals surface area contributed by atoms with Crippen LogP contribution in [0.3, 0.4) is 0 Å². The molecule has 0 aliphatic carbocycles. The number of aryl methyl sites for hydroxylation is 2. The summed E-state index contributed by atoms with van der Waals surface area (Å²) in [5, 5.41) is 6.18. The summed E-state index contributed by atoms with van der Waals surface area (Å²) in [6, 6.07) is 14.7. The summed E-state index contributed by atoms with van der Waals surface area (Å²) in [6.45, 7) is 7.59. The van der Waals surface area contributed by atoms with E-state index in [0.717, 1.165) is 48.6 Å². The van der Waals surface area contributed by atoms with Crippen LogP contribution >= 0.6 is 11.3 Å². The van der Waals surface area contributed by atoms with E-state index in [4.69, 9.17) is 9.72 Å². The highest BCUT2D eigenvalue weighted by Crippen LogP contribution is 2.25. The van der Waals surface area contributed by atoms with Gasteiger partial charge in [-0.15, -0.1) is 11.3 Å². The van der Waals surface area contributed by atoms with Crippen molar-refractivity contribution in [2.75, 3.05) is 25.0 Å². The van der Waals surface area contributed by atoms with E-state index in [1.165, 1.54) is 11.1 Å². The third kappa shape index (κ3) is 4.71. The van der Waals surface area contributed by atoms with Crippen molar-refractivity contribution in [3.63, 3.8) is 0 Å². The van der Waals surface area contributed by atoms with Gasteiger partial charge in [0.05, 0.1) is 18.0 Å². The standard InChI is InChI=1S/C21H24N4OS/c1-15-5-3-6-17(11-15)12-25-9-10-26-19(13-25)18-7-4-8-20(23-18)24-21-22-16(2)14-27-21/h3-8,11,14,19H,9-10,12-13H2,1-2H3,(H,22,23,24). The number of morpholine rings is 1. The lowest BCUT2D eigenvalue weighted by Crippen LogP contribution is -2.38. The van der Waals surface area contributed by atoms with Gasteiger partial charge in [-0.3, -0.25) is 4.90 Å². The second-order valence-electron chi connectivity index (χ2n) is 6.95. The van der Waals surface area contributed by atoms with Crippen molar-refractivity contribution in [3.8, 4) is 0 Å². The van der Waals surface area contributed by atoms with Crippen LogP contribution in [0.5, 0.6) is 0 Å². The van der Waals surface area contributed by atoms with Crippen molar-refractivity contribution < 1.29 is 4.74 Å². The fourth-order valence-electron chi connectivity index (χ4n) is 3.32. The van der Waals surface area contributed by atoms with Crippen LogP contribution in [0.2, 0.25) is 0 Å². The van der Waals surface area contributed by atoms with E-state index < -0.39 is 0 Å². The highest BCUT2D eigenvalue weighted by atomic mass is 32.1. The van der Waals surface area contributed by atoms with Crippen molar-refractivity contribution in [1.82, 2.24) is 14.9 Å². The molecular formula is C21H24N4OS. The van der Waals surface area contributed by atoms with Gasteiger partial charge in [-0.25, -0.2) is 9.97 Å². The normalized spacial score (nSPS) is 17.8. The molecule has 4 rings (SSSR count). The Morgan fingerprint density at radius 3 is 2.89 bits per heavy atom. The Kier molecular flexibility index (Phi) is 5.48. The van der Waals surface area contributed by atoms with Gasteiger partial charge in [0.15, 0.2) is 5.13 Å². The van der Waals surface area contributed by atoms with Gasteiger partial charge in [-0.2, -0.15) is 0 Å². The number of benzene rings is 1. The first kappa shape index (κ1) is 18.1. The fourth-order valence-corrected chi connectivity index (χ4v) is 4.01. The first-order valence-corrected chi connectivity index (χ1v) is 10.1. The molecule has 1 N–H and O–H groups in total. The number of anilines is 2. The Labute approximate surface area is 164 Å². The molecule has 6 heteroatoms. The minimum absolute atomic E-state index is 0.0108. The molecule has 0 spiro atoms. The first-order valence-electron chi connectivity index (χ1n) is 9.21. The highest BCUT2D eigenvalue weighted by Gasteiger charge is 2.23. The highest BCUT2D eigenvalue weighted by molar-refractivity contribution is 7.13. The van der Waals surface area contributed by atoms with Crippen LogP contribution in [0, 0.1) is 13.8 Å². The number of thiazole rings is 1. The molecule has 1 atom stereocenters. The Hall–Kier alpha value is -2.28. The van der Waals surface area contributed by atoms with E-state index in [2.05, 4.69) is 46.4 Å². The Bertz CT molecular complexity index is 910. The molecule has 140 valence electrons. The van der Waals surface area contributed by atoms with Gasteiger partial charge < -0.3 is 10.1 Å². The number of hydrogen-bond acceptors (Lipinski definition) is 6. The molecule has 1 aromatic carbocycles. The summed E-state index contributed by atoms with van der Waals surface area (Å²) in [7, 11) is 0. The molecule has 27 heavy (non-hydrogen) atoms. The molecule has 0 amide bonds. The average Bonchev–Trinajstić information content (AvgIpc) is 3.07. The molecular weight excluding hydrogens is 356 g/mol. The first-order chi connectivity index (χ1) is 13.2. The number of hydrogen-bond donors (Lipinski definition) is 1. The number of nitrogens with one attached hydrogen (secondary N) is 1. The van der Waals surface area contributed by atoms with Crippen LogP contribution in [-0.2, 0) is 11.3 Å². The molecule has 1 aliphatic rings. The molecule has 2 aromatic heterocycles. The van der Waals surface area contributed by atoms with E-state index in [-0.39, 0.29) is 6.10 Å². The zero-order valence-electron chi connectivity index (χ0n) is 15.7. The summed E-state index contributed by atoms with van der Waals surface area (Å²) < 4.78 is 6.02. The van der Waals surface area contributed by atoms with Crippen molar-refractivity contribution in [2.24, 2.45) is 0 Å². The maximum atomic E-state index is 6.02. The monoisotopic (exact) mass is 380 g/mol. The van der Waals surface area contributed by atoms with Crippen molar-refractivity contribution in [3.05, 3.63) is 70.4 Å². The molecule has 1 fully saturated rings. The van der Waals surface area contributed by atoms with Gasteiger partial charge in [0, 0.05) is 25.0 Å². The van der Waals surface area contributed by atoms with Crippen LogP contribution in [-0.4, -0.2) is 34.6 Å². The Morgan fingerprint density at radius 1 is 1.19 bits per heavy atom. The third-order valence-corrected chi connectivity index (χ3v) is 5.47. The second-order valence-corrected chi connectivity index (χ2v) is 7.81. The van der Waals surface area contributed by atoms with Gasteiger partial charge in [0.1, 0.15) is 11.9 Å². The van der Waals surface area contributed by atoms with E-state index in [0.29, 0.717) is 0 Å². The number of rotatable bonds is 5. The number of pyridine rings is 1. The van der Waals surface area contributed by atoms with E-state index in [1.54, 1.807) is 11.3 Å². The minimum atomic E-state index is -0.0108. The predicted molar refractivity (Wildman–Crippen MR) is 110 cm³/mol. The number of nitrogens with zero attached hydrogens (tertiary/aromatic N) is 3. The minimum Gasteiger partial charge on any atom is -0.369 e. The number of ether oxygens (including phenoxy) is 1. The zero-order chi connectivity index (χ0) is 18.6. The summed E-state index contributed by atoms with van der Waals surface area (Å²) >= 11 is 1.59. The van der Waals surface area contributed by atoms with Crippen molar-refractivity contribution in [2.45, 2.75) is 26.5 Å². The van der Waals surface area contributed by atoms with Crippen LogP contribution in [0.25, 0.3) is 0 Å². The molecule has 0 radical (unpaired) electrons. The molecule has 3 heterocycles. The summed E-state index contributed by atoms with van der Waals surface area (Å²) in [6.07, 6.45) is -0.0108. The van der Waals surface area contributed by atoms with Gasteiger partial charge in [0.25, 0.3) is 0 Å².